The number of rotatable bonds is 4. The van der Waals surface area contributed by atoms with Gasteiger partial charge >= 0.3 is 0 Å². The minimum atomic E-state index is 0.0477. The lowest BCUT2D eigenvalue weighted by atomic mass is 10.2. The van der Waals surface area contributed by atoms with E-state index in [0.29, 0.717) is 15.1 Å². The van der Waals surface area contributed by atoms with Crippen molar-refractivity contribution < 1.29 is 0 Å². The largest absolute Gasteiger partial charge is 0.367 e. The first kappa shape index (κ1) is 17.3. The number of nitrogens with one attached hydrogen (secondary N) is 1. The second-order valence-electron chi connectivity index (χ2n) is 4.32. The SMILES string of the molecule is NC(=NN=Cc1ccc(Cl)cc1)NN=Cc1ccc(Cl)c(Cl)c1. The van der Waals surface area contributed by atoms with E-state index in [4.69, 9.17) is 40.5 Å². The summed E-state index contributed by atoms with van der Waals surface area (Å²) in [4.78, 5) is 0. The van der Waals surface area contributed by atoms with E-state index < -0.39 is 0 Å². The molecule has 0 aliphatic carbocycles. The van der Waals surface area contributed by atoms with Crippen LogP contribution in [0.15, 0.2) is 57.8 Å². The maximum absolute atomic E-state index is 5.90. The monoisotopic (exact) mass is 367 g/mol. The van der Waals surface area contributed by atoms with Crippen LogP contribution in [0, 0.1) is 0 Å². The van der Waals surface area contributed by atoms with Gasteiger partial charge in [0, 0.05) is 5.02 Å². The molecule has 118 valence electrons. The highest BCUT2D eigenvalue weighted by atomic mass is 35.5. The number of guanidine groups is 1. The van der Waals surface area contributed by atoms with Crippen molar-refractivity contribution in [2.75, 3.05) is 0 Å². The molecule has 0 aromatic heterocycles. The molecule has 0 amide bonds. The summed E-state index contributed by atoms with van der Waals surface area (Å²) in [6.07, 6.45) is 3.08. The molecule has 0 atom stereocenters. The summed E-state index contributed by atoms with van der Waals surface area (Å²) < 4.78 is 0. The average molecular weight is 369 g/mol. The third kappa shape index (κ3) is 5.90. The van der Waals surface area contributed by atoms with Gasteiger partial charge in [0.15, 0.2) is 0 Å². The highest BCUT2D eigenvalue weighted by Gasteiger charge is 1.97. The molecular weight excluding hydrogens is 357 g/mol. The first-order valence-corrected chi connectivity index (χ1v) is 7.54. The van der Waals surface area contributed by atoms with E-state index in [-0.39, 0.29) is 5.96 Å². The van der Waals surface area contributed by atoms with Crippen molar-refractivity contribution in [2.45, 2.75) is 0 Å². The second kappa shape index (κ2) is 8.53. The minimum Gasteiger partial charge on any atom is -0.367 e. The first-order valence-electron chi connectivity index (χ1n) is 6.41. The maximum Gasteiger partial charge on any atom is 0.234 e. The summed E-state index contributed by atoms with van der Waals surface area (Å²) in [5, 5.41) is 13.1. The minimum absolute atomic E-state index is 0.0477. The third-order valence-electron chi connectivity index (χ3n) is 2.58. The van der Waals surface area contributed by atoms with Gasteiger partial charge in [0.05, 0.1) is 22.5 Å². The van der Waals surface area contributed by atoms with E-state index in [2.05, 4.69) is 20.7 Å². The molecule has 3 N–H and O–H groups in total. The number of nitrogens with zero attached hydrogens (tertiary/aromatic N) is 3. The number of hydrogen-bond acceptors (Lipinski definition) is 3. The van der Waals surface area contributed by atoms with Crippen molar-refractivity contribution >= 4 is 53.2 Å². The van der Waals surface area contributed by atoms with Gasteiger partial charge in [-0.15, -0.1) is 5.10 Å². The molecule has 5 nitrogen and oxygen atoms in total. The van der Waals surface area contributed by atoms with Crippen molar-refractivity contribution in [1.82, 2.24) is 5.43 Å². The quantitative estimate of drug-likeness (QED) is 0.487. The van der Waals surface area contributed by atoms with E-state index in [1.807, 2.05) is 12.1 Å². The predicted octanol–water partition coefficient (Wildman–Crippen LogP) is 3.92. The summed E-state index contributed by atoms with van der Waals surface area (Å²) in [6.45, 7) is 0. The van der Waals surface area contributed by atoms with Gasteiger partial charge in [-0.3, -0.25) is 0 Å². The van der Waals surface area contributed by atoms with Gasteiger partial charge in [-0.25, -0.2) is 5.43 Å². The highest BCUT2D eigenvalue weighted by Crippen LogP contribution is 2.21. The van der Waals surface area contributed by atoms with Gasteiger partial charge < -0.3 is 5.73 Å². The van der Waals surface area contributed by atoms with Crippen molar-refractivity contribution in [2.24, 2.45) is 21.0 Å². The van der Waals surface area contributed by atoms with Crippen LogP contribution >= 0.6 is 34.8 Å². The fourth-order valence-corrected chi connectivity index (χ4v) is 1.93. The molecule has 2 aromatic rings. The molecule has 2 rings (SSSR count). The Bertz CT molecular complexity index is 754. The van der Waals surface area contributed by atoms with Crippen LogP contribution in [0.25, 0.3) is 0 Å². The molecule has 8 heteroatoms. The lowest BCUT2D eigenvalue weighted by Gasteiger charge is -1.98. The van der Waals surface area contributed by atoms with Crippen LogP contribution in [0.3, 0.4) is 0 Å². The Labute approximate surface area is 148 Å². The molecule has 0 aliphatic rings. The number of nitrogens with two attached hydrogens (primary N) is 1. The lowest BCUT2D eigenvalue weighted by Crippen LogP contribution is -2.26. The molecule has 0 saturated heterocycles. The summed E-state index contributed by atoms with van der Waals surface area (Å²) in [7, 11) is 0. The molecule has 0 unspecified atom stereocenters. The zero-order chi connectivity index (χ0) is 16.7. The molecule has 0 heterocycles. The molecule has 0 saturated carbocycles. The van der Waals surface area contributed by atoms with E-state index >= 15 is 0 Å². The van der Waals surface area contributed by atoms with Gasteiger partial charge in [0.2, 0.25) is 5.96 Å². The number of hydrazone groups is 1. The molecule has 0 spiro atoms. The fraction of sp³-hybridized carbons (Fsp3) is 0. The Hall–Kier alpha value is -2.08. The fourth-order valence-electron chi connectivity index (χ4n) is 1.49. The number of halogens is 3. The van der Waals surface area contributed by atoms with E-state index in [9.17, 15) is 0 Å². The molecule has 2 aromatic carbocycles. The maximum atomic E-state index is 5.90. The normalized spacial score (nSPS) is 12.2. The van der Waals surface area contributed by atoms with Crippen LogP contribution in [0.5, 0.6) is 0 Å². The third-order valence-corrected chi connectivity index (χ3v) is 3.57. The molecular formula is C15H12Cl3N5. The Morgan fingerprint density at radius 3 is 2.30 bits per heavy atom. The molecule has 23 heavy (non-hydrogen) atoms. The first-order chi connectivity index (χ1) is 11.0. The van der Waals surface area contributed by atoms with Gasteiger partial charge in [0.25, 0.3) is 0 Å². The van der Waals surface area contributed by atoms with E-state index in [1.54, 1.807) is 36.5 Å². The zero-order valence-corrected chi connectivity index (χ0v) is 14.0. The summed E-state index contributed by atoms with van der Waals surface area (Å²) in [6, 6.07) is 12.3. The van der Waals surface area contributed by atoms with Crippen LogP contribution in [-0.4, -0.2) is 18.4 Å². The van der Waals surface area contributed by atoms with Crippen LogP contribution in [0.2, 0.25) is 15.1 Å². The second-order valence-corrected chi connectivity index (χ2v) is 5.58. The molecule has 0 aliphatic heterocycles. The van der Waals surface area contributed by atoms with Crippen molar-refractivity contribution in [1.29, 1.82) is 0 Å². The lowest BCUT2D eigenvalue weighted by molar-refractivity contribution is 0.994. The Kier molecular flexibility index (Phi) is 6.40. The Morgan fingerprint density at radius 2 is 1.61 bits per heavy atom. The molecule has 0 fully saturated rings. The van der Waals surface area contributed by atoms with Gasteiger partial charge in [-0.2, -0.15) is 10.2 Å². The standard InChI is InChI=1S/C15H12Cl3N5/c16-12-4-1-10(2-5-12)8-20-22-15(19)23-21-9-11-3-6-13(17)14(18)7-11/h1-9H,(H3,19,22,23). The van der Waals surface area contributed by atoms with Crippen molar-refractivity contribution in [3.63, 3.8) is 0 Å². The van der Waals surface area contributed by atoms with Crippen LogP contribution < -0.4 is 11.2 Å². The summed E-state index contributed by atoms with van der Waals surface area (Å²) in [5.74, 6) is 0.0477. The summed E-state index contributed by atoms with van der Waals surface area (Å²) in [5.41, 5.74) is 9.79. The van der Waals surface area contributed by atoms with Crippen molar-refractivity contribution in [3.8, 4) is 0 Å². The Morgan fingerprint density at radius 1 is 0.913 bits per heavy atom. The van der Waals surface area contributed by atoms with E-state index in [1.165, 1.54) is 6.21 Å². The van der Waals surface area contributed by atoms with Crippen LogP contribution in [-0.2, 0) is 0 Å². The van der Waals surface area contributed by atoms with Crippen LogP contribution in [0.4, 0.5) is 0 Å². The molecule has 0 bridgehead atoms. The average Bonchev–Trinajstić information content (AvgIpc) is 2.53. The molecule has 0 radical (unpaired) electrons. The zero-order valence-electron chi connectivity index (χ0n) is 11.7. The number of hydrogen-bond donors (Lipinski definition) is 2. The van der Waals surface area contributed by atoms with Gasteiger partial charge in [0.1, 0.15) is 0 Å². The van der Waals surface area contributed by atoms with Gasteiger partial charge in [-0.05, 0) is 35.4 Å². The van der Waals surface area contributed by atoms with Crippen LogP contribution in [0.1, 0.15) is 11.1 Å². The van der Waals surface area contributed by atoms with Crippen molar-refractivity contribution in [3.05, 3.63) is 68.7 Å². The Balaban J connectivity index is 1.90. The number of benzene rings is 2. The summed E-state index contributed by atoms with van der Waals surface area (Å²) >= 11 is 17.5. The smallest absolute Gasteiger partial charge is 0.234 e. The van der Waals surface area contributed by atoms with E-state index in [0.717, 1.165) is 11.1 Å². The van der Waals surface area contributed by atoms with Gasteiger partial charge in [-0.1, -0.05) is 53.0 Å². The highest BCUT2D eigenvalue weighted by molar-refractivity contribution is 6.42. The topological polar surface area (TPSA) is 75.1 Å². The predicted molar refractivity (Wildman–Crippen MR) is 97.9 cm³/mol.